The van der Waals surface area contributed by atoms with E-state index in [-0.39, 0.29) is 24.3 Å². The van der Waals surface area contributed by atoms with Gasteiger partial charge < -0.3 is 19.9 Å². The fourth-order valence-electron chi connectivity index (χ4n) is 4.00. The van der Waals surface area contributed by atoms with Crippen LogP contribution in [0, 0.1) is 5.82 Å². The molecular weight excluding hydrogens is 436 g/mol. The Hall–Kier alpha value is -3.09. The van der Waals surface area contributed by atoms with Crippen LogP contribution < -0.4 is 19.9 Å². The molecule has 1 atom stereocenters. The lowest BCUT2D eigenvalue weighted by Gasteiger charge is -2.42. The quantitative estimate of drug-likeness (QED) is 0.534. The molecule has 184 valence electrons. The minimum absolute atomic E-state index is 0.137. The van der Waals surface area contributed by atoms with Crippen molar-refractivity contribution in [1.29, 1.82) is 0 Å². The number of hydrogen-bond acceptors (Lipinski definition) is 4. The second-order valence-electron chi connectivity index (χ2n) is 9.54. The first-order valence-electron chi connectivity index (χ1n) is 11.6. The van der Waals surface area contributed by atoms with Crippen molar-refractivity contribution >= 4 is 17.3 Å². The van der Waals surface area contributed by atoms with Crippen molar-refractivity contribution in [1.82, 2.24) is 5.32 Å². The fraction of sp³-hybridized carbons (Fsp3) is 0.444. The van der Waals surface area contributed by atoms with Gasteiger partial charge in [0.05, 0.1) is 5.69 Å². The lowest BCUT2D eigenvalue weighted by Crippen LogP contribution is -2.52. The van der Waals surface area contributed by atoms with E-state index in [1.807, 2.05) is 32.0 Å². The highest BCUT2D eigenvalue weighted by Gasteiger charge is 2.26. The second-order valence-corrected chi connectivity index (χ2v) is 9.54. The molecule has 0 radical (unpaired) electrons. The van der Waals surface area contributed by atoms with Crippen LogP contribution in [0.3, 0.4) is 0 Å². The summed E-state index contributed by atoms with van der Waals surface area (Å²) >= 11 is 0. The molecule has 0 saturated carbocycles. The van der Waals surface area contributed by atoms with Crippen LogP contribution in [0.2, 0.25) is 0 Å². The first-order valence-corrected chi connectivity index (χ1v) is 11.6. The molecule has 2 aromatic carbocycles. The predicted octanol–water partition coefficient (Wildman–Crippen LogP) is 5.60. The summed E-state index contributed by atoms with van der Waals surface area (Å²) in [6.45, 7) is 12.8. The van der Waals surface area contributed by atoms with Gasteiger partial charge in [0.2, 0.25) is 11.8 Å². The monoisotopic (exact) mass is 471 g/mol. The van der Waals surface area contributed by atoms with Crippen molar-refractivity contribution < 1.29 is 18.3 Å². The highest BCUT2D eigenvalue weighted by Crippen LogP contribution is 2.28. The minimum Gasteiger partial charge on any atom is -0.459 e. The van der Waals surface area contributed by atoms with E-state index in [9.17, 15) is 13.6 Å². The number of nitrogens with zero attached hydrogens (tertiary/aromatic N) is 2. The van der Waals surface area contributed by atoms with Crippen LogP contribution in [0.25, 0.3) is 0 Å². The molecule has 3 rings (SSSR count). The van der Waals surface area contributed by atoms with Gasteiger partial charge in [0, 0.05) is 57.3 Å². The Morgan fingerprint density at radius 3 is 2.35 bits per heavy atom. The summed E-state index contributed by atoms with van der Waals surface area (Å²) in [6.07, 6.45) is 0. The van der Waals surface area contributed by atoms with Crippen LogP contribution in [0.1, 0.15) is 47.1 Å². The Labute approximate surface area is 201 Å². The number of ether oxygens (including phenoxy) is 1. The van der Waals surface area contributed by atoms with Gasteiger partial charge in [-0.3, -0.25) is 4.79 Å². The third-order valence-corrected chi connectivity index (χ3v) is 6.05. The molecule has 5 nitrogen and oxygen atoms in total. The highest BCUT2D eigenvalue weighted by molar-refractivity contribution is 5.93. The maximum atomic E-state index is 15.0. The standard InChI is InChI=1S/C27H35F2N3O2/c1-18(2)20(4)26(33)30-16-21-7-12-25(24(28)15-21)31-13-14-32(19(3)17-31)22-8-10-23(11-9-22)34-27(5,6)29/h7-12,15,19H,13-14,16-17H2,1-6H3,(H,30,33). The molecule has 1 amide bonds. The Kier molecular flexibility index (Phi) is 7.85. The summed E-state index contributed by atoms with van der Waals surface area (Å²) in [7, 11) is 0. The zero-order valence-electron chi connectivity index (χ0n) is 20.9. The number of nitrogens with one attached hydrogen (secondary N) is 1. The maximum Gasteiger partial charge on any atom is 0.247 e. The van der Waals surface area contributed by atoms with E-state index in [1.165, 1.54) is 19.9 Å². The van der Waals surface area contributed by atoms with Crippen molar-refractivity contribution in [3.05, 3.63) is 65.0 Å². The summed E-state index contributed by atoms with van der Waals surface area (Å²) < 4.78 is 33.9. The third-order valence-electron chi connectivity index (χ3n) is 6.05. The van der Waals surface area contributed by atoms with Crippen LogP contribution in [0.5, 0.6) is 5.75 Å². The number of carbonyl (C=O) groups excluding carboxylic acids is 1. The number of alkyl halides is 1. The second kappa shape index (κ2) is 10.5. The van der Waals surface area contributed by atoms with Gasteiger partial charge in [0.25, 0.3) is 0 Å². The summed E-state index contributed by atoms with van der Waals surface area (Å²) in [5.41, 5.74) is 3.95. The number of piperazine rings is 1. The van der Waals surface area contributed by atoms with E-state index in [4.69, 9.17) is 4.74 Å². The number of halogens is 2. The lowest BCUT2D eigenvalue weighted by molar-refractivity contribution is -0.117. The molecule has 1 N–H and O–H groups in total. The molecule has 0 aromatic heterocycles. The fourth-order valence-corrected chi connectivity index (χ4v) is 4.00. The third kappa shape index (κ3) is 6.49. The lowest BCUT2D eigenvalue weighted by atomic mass is 10.1. The molecule has 34 heavy (non-hydrogen) atoms. The van der Waals surface area contributed by atoms with E-state index in [1.54, 1.807) is 25.1 Å². The summed E-state index contributed by atoms with van der Waals surface area (Å²) in [5, 5.41) is 2.84. The Morgan fingerprint density at radius 2 is 1.79 bits per heavy atom. The van der Waals surface area contributed by atoms with E-state index >= 15 is 0 Å². The summed E-state index contributed by atoms with van der Waals surface area (Å²) in [6, 6.07) is 12.7. The van der Waals surface area contributed by atoms with Crippen molar-refractivity contribution in [2.24, 2.45) is 0 Å². The number of carbonyl (C=O) groups is 1. The van der Waals surface area contributed by atoms with Gasteiger partial charge in [-0.1, -0.05) is 11.6 Å². The van der Waals surface area contributed by atoms with Gasteiger partial charge in [0.15, 0.2) is 0 Å². The van der Waals surface area contributed by atoms with E-state index < -0.39 is 5.85 Å². The van der Waals surface area contributed by atoms with Crippen LogP contribution in [-0.2, 0) is 11.3 Å². The van der Waals surface area contributed by atoms with Crippen LogP contribution in [-0.4, -0.2) is 37.4 Å². The van der Waals surface area contributed by atoms with Gasteiger partial charge >= 0.3 is 0 Å². The SMILES string of the molecule is CC(C)=C(C)C(=O)NCc1ccc(N2CCN(c3ccc(OC(C)(C)F)cc3)C(C)C2)c(F)c1. The normalized spacial score (nSPS) is 16.3. The predicted molar refractivity (Wildman–Crippen MR) is 134 cm³/mol. The van der Waals surface area contributed by atoms with Gasteiger partial charge in [-0.15, -0.1) is 0 Å². The minimum atomic E-state index is -1.73. The van der Waals surface area contributed by atoms with Gasteiger partial charge in [-0.25, -0.2) is 4.39 Å². The summed E-state index contributed by atoms with van der Waals surface area (Å²) in [5.74, 6) is -1.67. The Bertz CT molecular complexity index is 1040. The zero-order valence-corrected chi connectivity index (χ0v) is 20.9. The Morgan fingerprint density at radius 1 is 1.12 bits per heavy atom. The highest BCUT2D eigenvalue weighted by atomic mass is 19.2. The van der Waals surface area contributed by atoms with Crippen molar-refractivity contribution in [3.63, 3.8) is 0 Å². The van der Waals surface area contributed by atoms with Gasteiger partial charge in [-0.05, 0) is 69.7 Å². The average molecular weight is 472 g/mol. The maximum absolute atomic E-state index is 15.0. The van der Waals surface area contributed by atoms with Crippen molar-refractivity contribution in [2.45, 2.75) is 60.0 Å². The van der Waals surface area contributed by atoms with Crippen LogP contribution >= 0.6 is 0 Å². The molecule has 1 aliphatic heterocycles. The van der Waals surface area contributed by atoms with E-state index in [2.05, 4.69) is 22.0 Å². The molecular formula is C27H35F2N3O2. The van der Waals surface area contributed by atoms with Crippen LogP contribution in [0.4, 0.5) is 20.2 Å². The molecule has 1 fully saturated rings. The Balaban J connectivity index is 1.61. The number of allylic oxidation sites excluding steroid dienone is 1. The summed E-state index contributed by atoms with van der Waals surface area (Å²) in [4.78, 5) is 16.4. The first kappa shape index (κ1) is 25.5. The molecule has 0 spiro atoms. The molecule has 0 aliphatic carbocycles. The number of rotatable bonds is 7. The van der Waals surface area contributed by atoms with Crippen molar-refractivity contribution in [2.75, 3.05) is 29.4 Å². The molecule has 1 unspecified atom stereocenters. The molecule has 0 bridgehead atoms. The first-order chi connectivity index (χ1) is 15.9. The van der Waals surface area contributed by atoms with Gasteiger partial charge in [0.1, 0.15) is 11.6 Å². The number of hydrogen-bond donors (Lipinski definition) is 1. The smallest absolute Gasteiger partial charge is 0.247 e. The number of anilines is 2. The molecule has 2 aromatic rings. The zero-order chi connectivity index (χ0) is 25.0. The van der Waals surface area contributed by atoms with E-state index in [0.717, 1.165) is 23.4 Å². The van der Waals surface area contributed by atoms with Crippen molar-refractivity contribution in [3.8, 4) is 5.75 Å². The number of amides is 1. The number of benzene rings is 2. The largest absolute Gasteiger partial charge is 0.459 e. The topological polar surface area (TPSA) is 44.8 Å². The van der Waals surface area contributed by atoms with Gasteiger partial charge in [-0.2, -0.15) is 4.39 Å². The molecule has 1 saturated heterocycles. The van der Waals surface area contributed by atoms with Crippen LogP contribution in [0.15, 0.2) is 53.6 Å². The molecule has 7 heteroatoms. The van der Waals surface area contributed by atoms with E-state index in [0.29, 0.717) is 30.1 Å². The molecule has 1 heterocycles. The molecule has 1 aliphatic rings. The average Bonchev–Trinajstić information content (AvgIpc) is 2.76.